The SMILES string of the molecule is Cn1c(Nc2ccc(I)cc2F)c(C(N)=O)c2cccnc21. The summed E-state index contributed by atoms with van der Waals surface area (Å²) >= 11 is 2.03. The van der Waals surface area contributed by atoms with Gasteiger partial charge in [0.2, 0.25) is 0 Å². The molecule has 0 radical (unpaired) electrons. The summed E-state index contributed by atoms with van der Waals surface area (Å²) in [6, 6.07) is 8.29. The van der Waals surface area contributed by atoms with Gasteiger partial charge in [0.15, 0.2) is 0 Å². The lowest BCUT2D eigenvalue weighted by Crippen LogP contribution is -2.13. The molecule has 7 heteroatoms. The smallest absolute Gasteiger partial charge is 0.253 e. The molecule has 112 valence electrons. The Labute approximate surface area is 139 Å². The molecule has 3 aromatic rings. The number of benzene rings is 1. The van der Waals surface area contributed by atoms with Crippen LogP contribution in [0.15, 0.2) is 36.5 Å². The minimum Gasteiger partial charge on any atom is -0.365 e. The summed E-state index contributed by atoms with van der Waals surface area (Å²) in [4.78, 5) is 16.1. The summed E-state index contributed by atoms with van der Waals surface area (Å²) < 4.78 is 16.5. The van der Waals surface area contributed by atoms with E-state index in [1.807, 2.05) is 22.6 Å². The van der Waals surface area contributed by atoms with Gasteiger partial charge in [-0.1, -0.05) is 0 Å². The second kappa shape index (κ2) is 5.56. The van der Waals surface area contributed by atoms with Crippen molar-refractivity contribution in [3.63, 3.8) is 0 Å². The van der Waals surface area contributed by atoms with E-state index in [2.05, 4.69) is 10.3 Å². The van der Waals surface area contributed by atoms with Gasteiger partial charge < -0.3 is 15.6 Å². The minimum atomic E-state index is -0.591. The quantitative estimate of drug-likeness (QED) is 0.652. The van der Waals surface area contributed by atoms with Crippen molar-refractivity contribution in [3.05, 3.63) is 51.5 Å². The molecule has 2 heterocycles. The zero-order valence-electron chi connectivity index (χ0n) is 11.6. The molecular formula is C15H12FIN4O. The van der Waals surface area contributed by atoms with Crippen molar-refractivity contribution in [2.75, 3.05) is 5.32 Å². The maximum atomic E-state index is 14.0. The van der Waals surface area contributed by atoms with Crippen LogP contribution in [0.4, 0.5) is 15.9 Å². The zero-order chi connectivity index (χ0) is 15.9. The maximum absolute atomic E-state index is 14.0. The van der Waals surface area contributed by atoms with Gasteiger partial charge in [-0.3, -0.25) is 4.79 Å². The molecule has 5 nitrogen and oxygen atoms in total. The Bertz CT molecular complexity index is 891. The lowest BCUT2D eigenvalue weighted by molar-refractivity contribution is 0.100. The molecule has 3 rings (SSSR count). The van der Waals surface area contributed by atoms with Crippen molar-refractivity contribution in [3.8, 4) is 0 Å². The second-order valence-electron chi connectivity index (χ2n) is 4.77. The third kappa shape index (κ3) is 2.41. The highest BCUT2D eigenvalue weighted by molar-refractivity contribution is 14.1. The number of aryl methyl sites for hydroxylation is 1. The van der Waals surface area contributed by atoms with Crippen LogP contribution < -0.4 is 11.1 Å². The van der Waals surface area contributed by atoms with Gasteiger partial charge in [-0.05, 0) is 52.9 Å². The number of fused-ring (bicyclic) bond motifs is 1. The number of pyridine rings is 1. The molecule has 0 saturated heterocycles. The van der Waals surface area contributed by atoms with E-state index >= 15 is 0 Å². The van der Waals surface area contributed by atoms with E-state index in [1.165, 1.54) is 6.07 Å². The number of aromatic nitrogens is 2. The predicted octanol–water partition coefficient (Wildman–Crippen LogP) is 3.16. The molecule has 22 heavy (non-hydrogen) atoms. The third-order valence-corrected chi connectivity index (χ3v) is 4.05. The van der Waals surface area contributed by atoms with Crippen molar-refractivity contribution in [2.45, 2.75) is 0 Å². The number of nitrogens with two attached hydrogens (primary N) is 1. The number of carbonyl (C=O) groups is 1. The molecule has 0 bridgehead atoms. The van der Waals surface area contributed by atoms with Gasteiger partial charge in [0, 0.05) is 22.2 Å². The predicted molar refractivity (Wildman–Crippen MR) is 91.6 cm³/mol. The molecule has 0 aliphatic heterocycles. The van der Waals surface area contributed by atoms with Crippen LogP contribution in [0.2, 0.25) is 0 Å². The van der Waals surface area contributed by atoms with E-state index < -0.39 is 11.7 Å². The first kappa shape index (κ1) is 14.8. The van der Waals surface area contributed by atoms with E-state index in [9.17, 15) is 9.18 Å². The first-order chi connectivity index (χ1) is 10.5. The van der Waals surface area contributed by atoms with E-state index in [1.54, 1.807) is 42.1 Å². The molecule has 0 aliphatic carbocycles. The summed E-state index contributed by atoms with van der Waals surface area (Å²) in [5, 5.41) is 3.58. The monoisotopic (exact) mass is 410 g/mol. The number of primary amides is 1. The lowest BCUT2D eigenvalue weighted by Gasteiger charge is -2.10. The number of halogens is 2. The van der Waals surface area contributed by atoms with Crippen LogP contribution in [0.3, 0.4) is 0 Å². The van der Waals surface area contributed by atoms with Gasteiger partial charge in [0.25, 0.3) is 5.91 Å². The number of amides is 1. The number of nitrogens with one attached hydrogen (secondary N) is 1. The number of carbonyl (C=O) groups excluding carboxylic acids is 1. The van der Waals surface area contributed by atoms with E-state index in [4.69, 9.17) is 5.73 Å². The van der Waals surface area contributed by atoms with Crippen LogP contribution in [0, 0.1) is 9.39 Å². The Hall–Kier alpha value is -2.16. The lowest BCUT2D eigenvalue weighted by atomic mass is 10.2. The van der Waals surface area contributed by atoms with Crippen LogP contribution in [0.1, 0.15) is 10.4 Å². The van der Waals surface area contributed by atoms with E-state index in [0.29, 0.717) is 22.4 Å². The third-order valence-electron chi connectivity index (χ3n) is 3.38. The normalized spacial score (nSPS) is 10.9. The molecule has 0 spiro atoms. The van der Waals surface area contributed by atoms with Gasteiger partial charge in [-0.2, -0.15) is 0 Å². The van der Waals surface area contributed by atoms with E-state index in [0.717, 1.165) is 3.57 Å². The number of hydrogen-bond donors (Lipinski definition) is 2. The molecular weight excluding hydrogens is 398 g/mol. The zero-order valence-corrected chi connectivity index (χ0v) is 13.8. The Morgan fingerprint density at radius 2 is 2.18 bits per heavy atom. The summed E-state index contributed by atoms with van der Waals surface area (Å²) in [5.41, 5.74) is 6.66. The highest BCUT2D eigenvalue weighted by Gasteiger charge is 2.20. The van der Waals surface area contributed by atoms with Crippen molar-refractivity contribution in [2.24, 2.45) is 12.8 Å². The van der Waals surface area contributed by atoms with Crippen LogP contribution in [-0.4, -0.2) is 15.5 Å². The van der Waals surface area contributed by atoms with Crippen LogP contribution in [-0.2, 0) is 7.05 Å². The molecule has 0 saturated carbocycles. The molecule has 1 amide bonds. The molecule has 0 fully saturated rings. The highest BCUT2D eigenvalue weighted by atomic mass is 127. The van der Waals surface area contributed by atoms with Crippen LogP contribution in [0.5, 0.6) is 0 Å². The Morgan fingerprint density at radius 1 is 1.41 bits per heavy atom. The van der Waals surface area contributed by atoms with Crippen LogP contribution >= 0.6 is 22.6 Å². The standard InChI is InChI=1S/C15H12FIN4O/c1-21-14-9(3-2-6-19-14)12(13(18)22)15(21)20-11-5-4-8(17)7-10(11)16/h2-7,20H,1H3,(H2,18,22). The fourth-order valence-corrected chi connectivity index (χ4v) is 2.83. The fourth-order valence-electron chi connectivity index (χ4n) is 2.37. The van der Waals surface area contributed by atoms with Crippen molar-refractivity contribution in [1.82, 2.24) is 9.55 Å². The average molecular weight is 410 g/mol. The van der Waals surface area contributed by atoms with Gasteiger partial charge >= 0.3 is 0 Å². The average Bonchev–Trinajstić information content (AvgIpc) is 2.75. The van der Waals surface area contributed by atoms with Gasteiger partial charge in [0.05, 0.1) is 11.3 Å². The number of nitrogens with zero attached hydrogens (tertiary/aromatic N) is 2. The Kier molecular flexibility index (Phi) is 3.73. The van der Waals surface area contributed by atoms with Crippen molar-refractivity contribution < 1.29 is 9.18 Å². The first-order valence-corrected chi connectivity index (χ1v) is 7.52. The second-order valence-corrected chi connectivity index (χ2v) is 6.02. The number of rotatable bonds is 3. The molecule has 1 aromatic carbocycles. The molecule has 3 N–H and O–H groups in total. The summed E-state index contributed by atoms with van der Waals surface area (Å²) in [6.45, 7) is 0. The first-order valence-electron chi connectivity index (χ1n) is 6.44. The van der Waals surface area contributed by atoms with E-state index in [-0.39, 0.29) is 5.69 Å². The summed E-state index contributed by atoms with van der Waals surface area (Å²) in [5.74, 6) is -0.575. The maximum Gasteiger partial charge on any atom is 0.253 e. The summed E-state index contributed by atoms with van der Waals surface area (Å²) in [7, 11) is 1.74. The summed E-state index contributed by atoms with van der Waals surface area (Å²) in [6.07, 6.45) is 1.63. The molecule has 2 aromatic heterocycles. The largest absolute Gasteiger partial charge is 0.365 e. The van der Waals surface area contributed by atoms with Gasteiger partial charge in [-0.15, -0.1) is 0 Å². The Morgan fingerprint density at radius 3 is 2.86 bits per heavy atom. The topological polar surface area (TPSA) is 72.9 Å². The molecule has 0 aliphatic rings. The number of hydrogen-bond acceptors (Lipinski definition) is 3. The van der Waals surface area contributed by atoms with Crippen molar-refractivity contribution >= 4 is 51.0 Å². The minimum absolute atomic E-state index is 0.272. The highest BCUT2D eigenvalue weighted by Crippen LogP contribution is 2.31. The Balaban J connectivity index is 2.20. The molecule has 0 unspecified atom stereocenters. The van der Waals surface area contributed by atoms with Gasteiger partial charge in [-0.25, -0.2) is 9.37 Å². The van der Waals surface area contributed by atoms with Crippen molar-refractivity contribution in [1.29, 1.82) is 0 Å². The number of anilines is 2. The fraction of sp³-hybridized carbons (Fsp3) is 0.0667. The molecule has 0 atom stereocenters. The van der Waals surface area contributed by atoms with Crippen LogP contribution in [0.25, 0.3) is 11.0 Å². The van der Waals surface area contributed by atoms with Gasteiger partial charge in [0.1, 0.15) is 17.3 Å².